The Labute approximate surface area is 168 Å². The van der Waals surface area contributed by atoms with Crippen molar-refractivity contribution in [1.29, 1.82) is 0 Å². The first-order valence-corrected chi connectivity index (χ1v) is 9.99. The number of nitrogens with zero attached hydrogens (tertiary/aromatic N) is 4. The summed E-state index contributed by atoms with van der Waals surface area (Å²) in [4.78, 5) is 23.4. The van der Waals surface area contributed by atoms with Gasteiger partial charge in [0.25, 0.3) is 0 Å². The standard InChI is InChI=1S/C21H23N5O3/c27-18(23-11-17-6-3-9-28-17)13-26-12-16-5-1-7-21(16,14-26)20-24-19(25-29-20)15-4-2-8-22-10-15/h2-4,6,8-10,16H,1,5,7,11-14H2,(H,23,27)/t16-,21-/m1/s1. The third kappa shape index (κ3) is 3.44. The Bertz CT molecular complexity index is 971. The lowest BCUT2D eigenvalue weighted by atomic mass is 9.80. The molecule has 0 aromatic carbocycles. The molecule has 1 aliphatic carbocycles. The Balaban J connectivity index is 1.27. The van der Waals surface area contributed by atoms with Crippen LogP contribution < -0.4 is 5.32 Å². The van der Waals surface area contributed by atoms with Crippen LogP contribution in [-0.2, 0) is 16.8 Å². The molecule has 4 heterocycles. The Morgan fingerprint density at radius 1 is 1.34 bits per heavy atom. The maximum absolute atomic E-state index is 12.4. The zero-order valence-electron chi connectivity index (χ0n) is 16.1. The van der Waals surface area contributed by atoms with Crippen molar-refractivity contribution >= 4 is 5.91 Å². The molecule has 0 bridgehead atoms. The van der Waals surface area contributed by atoms with Crippen molar-refractivity contribution < 1.29 is 13.7 Å². The molecule has 1 N–H and O–H groups in total. The highest BCUT2D eigenvalue weighted by molar-refractivity contribution is 5.78. The molecule has 1 amide bonds. The summed E-state index contributed by atoms with van der Waals surface area (Å²) in [6.45, 7) is 2.41. The van der Waals surface area contributed by atoms with Gasteiger partial charge in [0, 0.05) is 31.0 Å². The lowest BCUT2D eigenvalue weighted by Gasteiger charge is -2.24. The number of furan rings is 1. The Hall–Kier alpha value is -3.00. The van der Waals surface area contributed by atoms with Crippen LogP contribution in [0.1, 0.15) is 30.9 Å². The second-order valence-corrected chi connectivity index (χ2v) is 7.94. The van der Waals surface area contributed by atoms with Gasteiger partial charge >= 0.3 is 0 Å². The summed E-state index contributed by atoms with van der Waals surface area (Å²) in [5, 5.41) is 7.12. The predicted octanol–water partition coefficient (Wildman–Crippen LogP) is 2.39. The van der Waals surface area contributed by atoms with Crippen molar-refractivity contribution in [1.82, 2.24) is 25.3 Å². The van der Waals surface area contributed by atoms with E-state index in [-0.39, 0.29) is 11.3 Å². The summed E-state index contributed by atoms with van der Waals surface area (Å²) in [6, 6.07) is 7.46. The molecular weight excluding hydrogens is 370 g/mol. The van der Waals surface area contributed by atoms with E-state index in [9.17, 15) is 4.79 Å². The highest BCUT2D eigenvalue weighted by Gasteiger charge is 2.54. The number of aromatic nitrogens is 3. The second kappa shape index (κ2) is 7.44. The van der Waals surface area contributed by atoms with Crippen LogP contribution in [0.3, 0.4) is 0 Å². The summed E-state index contributed by atoms with van der Waals surface area (Å²) in [5.41, 5.74) is 0.690. The number of amides is 1. The van der Waals surface area contributed by atoms with Gasteiger partial charge in [0.1, 0.15) is 5.76 Å². The molecule has 2 aliphatic rings. The van der Waals surface area contributed by atoms with Gasteiger partial charge in [0.05, 0.1) is 24.8 Å². The number of nitrogens with one attached hydrogen (secondary N) is 1. The molecular formula is C21H23N5O3. The van der Waals surface area contributed by atoms with Gasteiger partial charge in [0.15, 0.2) is 0 Å². The van der Waals surface area contributed by atoms with Gasteiger partial charge in [-0.05, 0) is 43.0 Å². The van der Waals surface area contributed by atoms with Crippen LogP contribution in [0.15, 0.2) is 51.9 Å². The van der Waals surface area contributed by atoms with Crippen molar-refractivity contribution in [3.05, 3.63) is 54.6 Å². The van der Waals surface area contributed by atoms with E-state index in [1.54, 1.807) is 18.7 Å². The molecule has 1 aliphatic heterocycles. The third-order valence-corrected chi connectivity index (χ3v) is 6.12. The molecule has 3 aromatic rings. The maximum atomic E-state index is 12.4. The van der Waals surface area contributed by atoms with Crippen LogP contribution in [0, 0.1) is 5.92 Å². The van der Waals surface area contributed by atoms with Crippen molar-refractivity contribution in [2.75, 3.05) is 19.6 Å². The van der Waals surface area contributed by atoms with Gasteiger partial charge < -0.3 is 14.3 Å². The first kappa shape index (κ1) is 18.1. The van der Waals surface area contributed by atoms with Crippen LogP contribution >= 0.6 is 0 Å². The molecule has 3 aromatic heterocycles. The van der Waals surface area contributed by atoms with Gasteiger partial charge in [-0.15, -0.1) is 0 Å². The Kier molecular flexibility index (Phi) is 4.63. The highest BCUT2D eigenvalue weighted by atomic mass is 16.5. The van der Waals surface area contributed by atoms with Gasteiger partial charge in [-0.25, -0.2) is 0 Å². The average molecular weight is 393 g/mol. The number of hydrogen-bond acceptors (Lipinski definition) is 7. The van der Waals surface area contributed by atoms with Crippen molar-refractivity contribution in [2.24, 2.45) is 5.92 Å². The molecule has 0 spiro atoms. The fourth-order valence-electron chi connectivity index (χ4n) is 4.76. The normalized spacial score (nSPS) is 23.9. The minimum atomic E-state index is -0.158. The Morgan fingerprint density at radius 2 is 2.31 bits per heavy atom. The lowest BCUT2D eigenvalue weighted by Crippen LogP contribution is -2.38. The molecule has 29 heavy (non-hydrogen) atoms. The first-order valence-electron chi connectivity index (χ1n) is 9.99. The molecule has 2 fully saturated rings. The molecule has 0 radical (unpaired) electrons. The van der Waals surface area contributed by atoms with Crippen molar-refractivity contribution in [3.8, 4) is 11.4 Å². The zero-order valence-corrected chi connectivity index (χ0v) is 16.1. The van der Waals surface area contributed by atoms with E-state index in [1.165, 1.54) is 0 Å². The van der Waals surface area contributed by atoms with E-state index < -0.39 is 0 Å². The Morgan fingerprint density at radius 3 is 3.14 bits per heavy atom. The third-order valence-electron chi connectivity index (χ3n) is 6.12. The molecule has 0 unspecified atom stereocenters. The number of hydrogen-bond donors (Lipinski definition) is 1. The van der Waals surface area contributed by atoms with Crippen molar-refractivity contribution in [2.45, 2.75) is 31.2 Å². The number of carbonyl (C=O) groups is 1. The second-order valence-electron chi connectivity index (χ2n) is 7.94. The van der Waals surface area contributed by atoms with Crippen LogP contribution in [0.5, 0.6) is 0 Å². The molecule has 8 heteroatoms. The van der Waals surface area contributed by atoms with E-state index in [0.29, 0.717) is 30.7 Å². The van der Waals surface area contributed by atoms with E-state index in [4.69, 9.17) is 13.9 Å². The molecule has 150 valence electrons. The van der Waals surface area contributed by atoms with Gasteiger partial charge in [-0.1, -0.05) is 11.6 Å². The number of carbonyl (C=O) groups excluding carboxylic acids is 1. The minimum Gasteiger partial charge on any atom is -0.467 e. The van der Waals surface area contributed by atoms with E-state index in [2.05, 4.69) is 20.4 Å². The summed E-state index contributed by atoms with van der Waals surface area (Å²) < 4.78 is 11.0. The molecule has 5 rings (SSSR count). The minimum absolute atomic E-state index is 0.00176. The first-order chi connectivity index (χ1) is 14.2. The number of rotatable bonds is 6. The fraction of sp³-hybridized carbons (Fsp3) is 0.429. The smallest absolute Gasteiger partial charge is 0.234 e. The van der Waals surface area contributed by atoms with E-state index in [1.807, 2.05) is 24.3 Å². The zero-order chi connectivity index (χ0) is 19.7. The number of likely N-dealkylation sites (tertiary alicyclic amines) is 1. The van der Waals surface area contributed by atoms with Gasteiger partial charge in [-0.2, -0.15) is 4.98 Å². The van der Waals surface area contributed by atoms with E-state index in [0.717, 1.165) is 43.7 Å². The summed E-state index contributed by atoms with van der Waals surface area (Å²) in [7, 11) is 0. The van der Waals surface area contributed by atoms with Crippen LogP contribution in [0.4, 0.5) is 0 Å². The van der Waals surface area contributed by atoms with Crippen LogP contribution in [-0.4, -0.2) is 45.6 Å². The summed E-state index contributed by atoms with van der Waals surface area (Å²) >= 11 is 0. The molecule has 2 atom stereocenters. The molecule has 8 nitrogen and oxygen atoms in total. The fourth-order valence-corrected chi connectivity index (χ4v) is 4.76. The van der Waals surface area contributed by atoms with Crippen molar-refractivity contribution in [3.63, 3.8) is 0 Å². The number of pyridine rings is 1. The lowest BCUT2D eigenvalue weighted by molar-refractivity contribution is -0.122. The maximum Gasteiger partial charge on any atom is 0.234 e. The predicted molar refractivity (Wildman–Crippen MR) is 104 cm³/mol. The molecule has 1 saturated carbocycles. The quantitative estimate of drug-likeness (QED) is 0.687. The topological polar surface area (TPSA) is 97.3 Å². The van der Waals surface area contributed by atoms with Crippen LogP contribution in [0.2, 0.25) is 0 Å². The van der Waals surface area contributed by atoms with Gasteiger partial charge in [-0.3, -0.25) is 14.7 Å². The summed E-state index contributed by atoms with van der Waals surface area (Å²) in [6.07, 6.45) is 8.35. The molecule has 1 saturated heterocycles. The SMILES string of the molecule is O=C(CN1C[C@H]2CCC[C@@]2(c2nc(-c3cccnc3)no2)C1)NCc1ccco1. The number of fused-ring (bicyclic) bond motifs is 1. The average Bonchev–Trinajstić information content (AvgIpc) is 3.50. The highest BCUT2D eigenvalue weighted by Crippen LogP contribution is 2.50. The monoisotopic (exact) mass is 393 g/mol. The summed E-state index contributed by atoms with van der Waals surface area (Å²) in [5.74, 6) is 2.45. The van der Waals surface area contributed by atoms with Crippen LogP contribution in [0.25, 0.3) is 11.4 Å². The van der Waals surface area contributed by atoms with Gasteiger partial charge in [0.2, 0.25) is 17.6 Å². The largest absolute Gasteiger partial charge is 0.467 e. The van der Waals surface area contributed by atoms with E-state index >= 15 is 0 Å².